The molecule has 1 atom stereocenters. The van der Waals surface area contributed by atoms with Crippen LogP contribution in [0.5, 0.6) is 0 Å². The minimum absolute atomic E-state index is 0.386. The van der Waals surface area contributed by atoms with Gasteiger partial charge >= 0.3 is 0 Å². The summed E-state index contributed by atoms with van der Waals surface area (Å²) >= 11 is 0. The monoisotopic (exact) mass is 156 g/mol. The largest absolute Gasteiger partial charge is 0.378 e. The zero-order valence-electron chi connectivity index (χ0n) is 7.05. The molecule has 1 rings (SSSR count). The SMILES string of the molecule is CC/C(CC1CCCO1)=N\N. The third kappa shape index (κ3) is 2.50. The lowest BCUT2D eigenvalue weighted by atomic mass is 10.1. The number of ether oxygens (including phenoxy) is 1. The maximum atomic E-state index is 5.45. The minimum atomic E-state index is 0.386. The Morgan fingerprint density at radius 2 is 2.55 bits per heavy atom. The molecule has 0 amide bonds. The van der Waals surface area contributed by atoms with Crippen LogP contribution in [-0.4, -0.2) is 18.4 Å². The predicted octanol–water partition coefficient (Wildman–Crippen LogP) is 1.28. The summed E-state index contributed by atoms with van der Waals surface area (Å²) < 4.78 is 5.45. The Hall–Kier alpha value is -0.570. The third-order valence-corrected chi connectivity index (χ3v) is 2.08. The van der Waals surface area contributed by atoms with Crippen molar-refractivity contribution in [2.24, 2.45) is 10.9 Å². The molecule has 0 aliphatic carbocycles. The van der Waals surface area contributed by atoms with Crippen LogP contribution in [0, 0.1) is 0 Å². The molecule has 0 bridgehead atoms. The van der Waals surface area contributed by atoms with E-state index in [1.54, 1.807) is 0 Å². The van der Waals surface area contributed by atoms with Crippen LogP contribution in [-0.2, 0) is 4.74 Å². The number of rotatable bonds is 3. The average molecular weight is 156 g/mol. The minimum Gasteiger partial charge on any atom is -0.378 e. The second kappa shape index (κ2) is 4.34. The molecule has 1 unspecified atom stereocenters. The van der Waals surface area contributed by atoms with Crippen molar-refractivity contribution in [1.82, 2.24) is 0 Å². The summed E-state index contributed by atoms with van der Waals surface area (Å²) in [5, 5.41) is 3.71. The van der Waals surface area contributed by atoms with Gasteiger partial charge < -0.3 is 10.6 Å². The maximum Gasteiger partial charge on any atom is 0.0628 e. The molecule has 0 aromatic rings. The predicted molar refractivity (Wildman–Crippen MR) is 45.5 cm³/mol. The molecule has 64 valence electrons. The number of hydrogen-bond donors (Lipinski definition) is 1. The molecule has 0 radical (unpaired) electrons. The van der Waals surface area contributed by atoms with Crippen molar-refractivity contribution < 1.29 is 4.74 Å². The Morgan fingerprint density at radius 3 is 3.00 bits per heavy atom. The summed E-state index contributed by atoms with van der Waals surface area (Å²) in [4.78, 5) is 0. The van der Waals surface area contributed by atoms with E-state index < -0.39 is 0 Å². The molecule has 0 saturated carbocycles. The highest BCUT2D eigenvalue weighted by Crippen LogP contribution is 2.16. The van der Waals surface area contributed by atoms with Crippen LogP contribution in [0.15, 0.2) is 5.10 Å². The summed E-state index contributed by atoms with van der Waals surface area (Å²) in [6.07, 6.45) is 4.60. The molecular formula is C8H16N2O. The fourth-order valence-electron chi connectivity index (χ4n) is 1.36. The lowest BCUT2D eigenvalue weighted by molar-refractivity contribution is 0.116. The Balaban J connectivity index is 2.27. The summed E-state index contributed by atoms with van der Waals surface area (Å²) in [5.74, 6) is 5.19. The molecule has 1 heterocycles. The number of hydrazone groups is 1. The van der Waals surface area contributed by atoms with Crippen molar-refractivity contribution >= 4 is 5.71 Å². The van der Waals surface area contributed by atoms with Gasteiger partial charge in [-0.1, -0.05) is 6.92 Å². The van der Waals surface area contributed by atoms with Crippen LogP contribution < -0.4 is 5.84 Å². The van der Waals surface area contributed by atoms with E-state index in [1.165, 1.54) is 12.8 Å². The molecular weight excluding hydrogens is 140 g/mol. The van der Waals surface area contributed by atoms with Gasteiger partial charge in [0.15, 0.2) is 0 Å². The van der Waals surface area contributed by atoms with Crippen molar-refractivity contribution in [3.63, 3.8) is 0 Å². The standard InChI is InChI=1S/C8H16N2O/c1-2-7(10-9)6-8-4-3-5-11-8/h8H,2-6,9H2,1H3/b10-7+. The van der Waals surface area contributed by atoms with E-state index in [1.807, 2.05) is 0 Å². The maximum absolute atomic E-state index is 5.45. The number of nitrogens with two attached hydrogens (primary N) is 1. The summed E-state index contributed by atoms with van der Waals surface area (Å²) in [6, 6.07) is 0. The first kappa shape index (κ1) is 8.53. The first-order chi connectivity index (χ1) is 5.36. The number of nitrogens with zero attached hydrogens (tertiary/aromatic N) is 1. The van der Waals surface area contributed by atoms with Crippen LogP contribution in [0.25, 0.3) is 0 Å². The zero-order chi connectivity index (χ0) is 8.10. The Kier molecular flexibility index (Phi) is 3.36. The summed E-state index contributed by atoms with van der Waals surface area (Å²) in [6.45, 7) is 2.98. The van der Waals surface area contributed by atoms with E-state index in [-0.39, 0.29) is 0 Å². The molecule has 0 aromatic carbocycles. The highest BCUT2D eigenvalue weighted by Gasteiger charge is 2.16. The Labute approximate surface area is 67.6 Å². The van der Waals surface area contributed by atoms with Gasteiger partial charge in [-0.25, -0.2) is 0 Å². The van der Waals surface area contributed by atoms with E-state index in [0.29, 0.717) is 6.10 Å². The van der Waals surface area contributed by atoms with Gasteiger partial charge in [0.1, 0.15) is 0 Å². The molecule has 2 N–H and O–H groups in total. The molecule has 0 aromatic heterocycles. The normalized spacial score (nSPS) is 25.9. The lowest BCUT2D eigenvalue weighted by Crippen LogP contribution is -2.13. The van der Waals surface area contributed by atoms with Crippen molar-refractivity contribution in [2.75, 3.05) is 6.61 Å². The number of hydrogen-bond acceptors (Lipinski definition) is 3. The quantitative estimate of drug-likeness (QED) is 0.380. The van der Waals surface area contributed by atoms with Gasteiger partial charge in [-0.2, -0.15) is 5.10 Å². The molecule has 3 nitrogen and oxygen atoms in total. The van der Waals surface area contributed by atoms with Crippen LogP contribution in [0.3, 0.4) is 0 Å². The van der Waals surface area contributed by atoms with Gasteiger partial charge in [-0.15, -0.1) is 0 Å². The van der Waals surface area contributed by atoms with E-state index in [0.717, 1.165) is 25.2 Å². The van der Waals surface area contributed by atoms with Crippen LogP contribution >= 0.6 is 0 Å². The molecule has 1 aliphatic rings. The molecule has 11 heavy (non-hydrogen) atoms. The Morgan fingerprint density at radius 1 is 1.73 bits per heavy atom. The van der Waals surface area contributed by atoms with Crippen LogP contribution in [0.4, 0.5) is 0 Å². The van der Waals surface area contributed by atoms with E-state index in [4.69, 9.17) is 10.6 Å². The van der Waals surface area contributed by atoms with Crippen LogP contribution in [0.1, 0.15) is 32.6 Å². The molecule has 0 spiro atoms. The average Bonchev–Trinajstić information content (AvgIpc) is 2.52. The van der Waals surface area contributed by atoms with E-state index in [2.05, 4.69) is 12.0 Å². The third-order valence-electron chi connectivity index (χ3n) is 2.08. The van der Waals surface area contributed by atoms with Crippen LogP contribution in [0.2, 0.25) is 0 Å². The van der Waals surface area contributed by atoms with Crippen molar-refractivity contribution in [1.29, 1.82) is 0 Å². The van der Waals surface area contributed by atoms with Crippen molar-refractivity contribution in [3.8, 4) is 0 Å². The van der Waals surface area contributed by atoms with Crippen molar-refractivity contribution in [3.05, 3.63) is 0 Å². The van der Waals surface area contributed by atoms with Gasteiger partial charge in [0.25, 0.3) is 0 Å². The topological polar surface area (TPSA) is 47.6 Å². The lowest BCUT2D eigenvalue weighted by Gasteiger charge is -2.08. The second-order valence-electron chi connectivity index (χ2n) is 2.89. The first-order valence-corrected chi connectivity index (χ1v) is 4.24. The first-order valence-electron chi connectivity index (χ1n) is 4.24. The highest BCUT2D eigenvalue weighted by atomic mass is 16.5. The Bertz CT molecular complexity index is 139. The molecule has 1 aliphatic heterocycles. The van der Waals surface area contributed by atoms with E-state index in [9.17, 15) is 0 Å². The summed E-state index contributed by atoms with van der Waals surface area (Å²) in [5.41, 5.74) is 1.07. The fraction of sp³-hybridized carbons (Fsp3) is 0.875. The van der Waals surface area contributed by atoms with Gasteiger partial charge in [0, 0.05) is 18.7 Å². The van der Waals surface area contributed by atoms with Crippen molar-refractivity contribution in [2.45, 2.75) is 38.7 Å². The zero-order valence-corrected chi connectivity index (χ0v) is 7.05. The van der Waals surface area contributed by atoms with Gasteiger partial charge in [0.05, 0.1) is 6.10 Å². The fourth-order valence-corrected chi connectivity index (χ4v) is 1.36. The van der Waals surface area contributed by atoms with Gasteiger partial charge in [-0.3, -0.25) is 0 Å². The molecule has 3 heteroatoms. The summed E-state index contributed by atoms with van der Waals surface area (Å²) in [7, 11) is 0. The van der Waals surface area contributed by atoms with E-state index >= 15 is 0 Å². The smallest absolute Gasteiger partial charge is 0.0628 e. The van der Waals surface area contributed by atoms with Gasteiger partial charge in [0.2, 0.25) is 0 Å². The molecule has 1 fully saturated rings. The second-order valence-corrected chi connectivity index (χ2v) is 2.89. The molecule has 1 saturated heterocycles. The highest BCUT2D eigenvalue weighted by molar-refractivity contribution is 5.84. The van der Waals surface area contributed by atoms with Gasteiger partial charge in [-0.05, 0) is 19.3 Å².